The van der Waals surface area contributed by atoms with E-state index in [9.17, 15) is 4.79 Å². The Kier molecular flexibility index (Phi) is 3.71. The second kappa shape index (κ2) is 5.11. The molecular weight excluding hydrogens is 226 g/mol. The maximum Gasteiger partial charge on any atom is 0.338 e. The van der Waals surface area contributed by atoms with Crippen molar-refractivity contribution in [2.75, 3.05) is 13.1 Å². The molecule has 1 aromatic rings. The quantitative estimate of drug-likeness (QED) is 0.834. The highest BCUT2D eigenvalue weighted by Crippen LogP contribution is 2.16. The molecule has 0 bridgehead atoms. The Bertz CT molecular complexity index is 430. The molecule has 1 fully saturated rings. The number of benzene rings is 1. The average molecular weight is 247 g/mol. The molecule has 0 amide bonds. The number of carbonyl (C=O) groups is 1. The van der Waals surface area contributed by atoms with Crippen molar-refractivity contribution in [2.45, 2.75) is 32.8 Å². The summed E-state index contributed by atoms with van der Waals surface area (Å²) in [5, 5.41) is 3.26. The third kappa shape index (κ3) is 3.57. The van der Waals surface area contributed by atoms with Gasteiger partial charge in [-0.2, -0.15) is 0 Å². The molecule has 1 saturated heterocycles. The Balaban J connectivity index is 2.03. The summed E-state index contributed by atoms with van der Waals surface area (Å²) in [5.41, 5.74) is 1.42. The molecule has 1 aromatic carbocycles. The van der Waals surface area contributed by atoms with Crippen LogP contribution in [-0.2, 0) is 11.2 Å². The first kappa shape index (κ1) is 13.1. The number of hydrogen-bond acceptors (Lipinski definition) is 3. The molecule has 3 nitrogen and oxygen atoms in total. The Labute approximate surface area is 109 Å². The van der Waals surface area contributed by atoms with Crippen molar-refractivity contribution >= 4 is 5.97 Å². The largest absolute Gasteiger partial charge is 0.456 e. The van der Waals surface area contributed by atoms with Crippen LogP contribution in [-0.4, -0.2) is 24.7 Å². The smallest absolute Gasteiger partial charge is 0.338 e. The lowest BCUT2D eigenvalue weighted by molar-refractivity contribution is 0.00694. The Morgan fingerprint density at radius 2 is 2.11 bits per heavy atom. The topological polar surface area (TPSA) is 38.3 Å². The van der Waals surface area contributed by atoms with Crippen LogP contribution in [0.1, 0.15) is 36.7 Å². The normalized spacial score (nSPS) is 16.2. The molecule has 0 aromatic heterocycles. The molecular formula is C15H21NO2. The molecule has 98 valence electrons. The molecule has 0 saturated carbocycles. The van der Waals surface area contributed by atoms with E-state index in [1.807, 2.05) is 39.0 Å². The van der Waals surface area contributed by atoms with Gasteiger partial charge in [0, 0.05) is 0 Å². The molecule has 0 radical (unpaired) electrons. The van der Waals surface area contributed by atoms with Crippen molar-refractivity contribution in [3.63, 3.8) is 0 Å². The number of rotatable bonds is 3. The van der Waals surface area contributed by atoms with E-state index in [0.29, 0.717) is 11.5 Å². The lowest BCUT2D eigenvalue weighted by atomic mass is 9.93. The van der Waals surface area contributed by atoms with Crippen LogP contribution in [0, 0.1) is 5.92 Å². The standard InChI is InChI=1S/C15H21NO2/c1-15(2,3)18-14(17)13-6-4-5-11(8-13)7-12-9-16-10-12/h4-6,8,12,16H,7,9-10H2,1-3H3. The minimum absolute atomic E-state index is 0.240. The number of nitrogens with one attached hydrogen (secondary N) is 1. The van der Waals surface area contributed by atoms with Crippen LogP contribution < -0.4 is 5.32 Å². The minimum Gasteiger partial charge on any atom is -0.456 e. The maximum absolute atomic E-state index is 11.9. The van der Waals surface area contributed by atoms with Gasteiger partial charge in [-0.1, -0.05) is 12.1 Å². The molecule has 0 spiro atoms. The second-order valence-corrected chi connectivity index (χ2v) is 5.93. The van der Waals surface area contributed by atoms with Crippen LogP contribution in [0.2, 0.25) is 0 Å². The SMILES string of the molecule is CC(C)(C)OC(=O)c1cccc(CC2CNC2)c1. The highest BCUT2D eigenvalue weighted by atomic mass is 16.6. The highest BCUT2D eigenvalue weighted by molar-refractivity contribution is 5.89. The highest BCUT2D eigenvalue weighted by Gasteiger charge is 2.20. The van der Waals surface area contributed by atoms with Crippen molar-refractivity contribution < 1.29 is 9.53 Å². The van der Waals surface area contributed by atoms with Gasteiger partial charge < -0.3 is 10.1 Å². The van der Waals surface area contributed by atoms with E-state index >= 15 is 0 Å². The molecule has 1 aliphatic rings. The van der Waals surface area contributed by atoms with E-state index in [1.165, 1.54) is 5.56 Å². The molecule has 0 atom stereocenters. The van der Waals surface area contributed by atoms with E-state index in [-0.39, 0.29) is 5.97 Å². The van der Waals surface area contributed by atoms with Crippen molar-refractivity contribution in [1.29, 1.82) is 0 Å². The summed E-state index contributed by atoms with van der Waals surface area (Å²) in [4.78, 5) is 11.9. The summed E-state index contributed by atoms with van der Waals surface area (Å²) in [7, 11) is 0. The fourth-order valence-electron chi connectivity index (χ4n) is 1.99. The number of ether oxygens (including phenoxy) is 1. The van der Waals surface area contributed by atoms with Crippen LogP contribution in [0.25, 0.3) is 0 Å². The molecule has 0 unspecified atom stereocenters. The van der Waals surface area contributed by atoms with Gasteiger partial charge in [0.05, 0.1) is 5.56 Å². The summed E-state index contributed by atoms with van der Waals surface area (Å²) >= 11 is 0. The van der Waals surface area contributed by atoms with Gasteiger partial charge in [0.25, 0.3) is 0 Å². The van der Waals surface area contributed by atoms with Gasteiger partial charge in [-0.3, -0.25) is 0 Å². The first-order chi connectivity index (χ1) is 8.44. The zero-order valence-electron chi connectivity index (χ0n) is 11.3. The molecule has 2 rings (SSSR count). The van der Waals surface area contributed by atoms with E-state index in [0.717, 1.165) is 19.5 Å². The predicted octanol–water partition coefficient (Wildman–Crippen LogP) is 2.40. The van der Waals surface area contributed by atoms with Crippen molar-refractivity contribution in [3.05, 3.63) is 35.4 Å². The number of hydrogen-bond donors (Lipinski definition) is 1. The van der Waals surface area contributed by atoms with Gasteiger partial charge in [-0.15, -0.1) is 0 Å². The summed E-state index contributed by atoms with van der Waals surface area (Å²) in [6, 6.07) is 7.77. The van der Waals surface area contributed by atoms with Crippen LogP contribution in [0.15, 0.2) is 24.3 Å². The Morgan fingerprint density at radius 1 is 1.39 bits per heavy atom. The Morgan fingerprint density at radius 3 is 2.67 bits per heavy atom. The molecule has 1 heterocycles. The van der Waals surface area contributed by atoms with Crippen molar-refractivity contribution in [1.82, 2.24) is 5.32 Å². The molecule has 1 aliphatic heterocycles. The molecule has 1 N–H and O–H groups in total. The molecule has 0 aliphatic carbocycles. The average Bonchev–Trinajstić information content (AvgIpc) is 2.22. The summed E-state index contributed by atoms with van der Waals surface area (Å²) in [6.45, 7) is 7.81. The molecule has 3 heteroatoms. The van der Waals surface area contributed by atoms with Gasteiger partial charge in [0.15, 0.2) is 0 Å². The lowest BCUT2D eigenvalue weighted by Gasteiger charge is -2.27. The van der Waals surface area contributed by atoms with Crippen molar-refractivity contribution in [2.24, 2.45) is 5.92 Å². The Hall–Kier alpha value is -1.35. The molecule has 18 heavy (non-hydrogen) atoms. The summed E-state index contributed by atoms with van der Waals surface area (Å²) < 4.78 is 5.37. The summed E-state index contributed by atoms with van der Waals surface area (Å²) in [6.07, 6.45) is 1.03. The van der Waals surface area contributed by atoms with Gasteiger partial charge in [0.2, 0.25) is 0 Å². The third-order valence-corrected chi connectivity index (χ3v) is 2.95. The second-order valence-electron chi connectivity index (χ2n) is 5.93. The van der Waals surface area contributed by atoms with Gasteiger partial charge in [0.1, 0.15) is 5.60 Å². The van der Waals surface area contributed by atoms with Crippen molar-refractivity contribution in [3.8, 4) is 0 Å². The van der Waals surface area contributed by atoms with Crippen LogP contribution in [0.4, 0.5) is 0 Å². The fraction of sp³-hybridized carbons (Fsp3) is 0.533. The maximum atomic E-state index is 11.9. The van der Waals surface area contributed by atoms with Crippen LogP contribution in [0.5, 0.6) is 0 Å². The van der Waals surface area contributed by atoms with Gasteiger partial charge >= 0.3 is 5.97 Å². The van der Waals surface area contributed by atoms with E-state index < -0.39 is 5.60 Å². The van der Waals surface area contributed by atoms with E-state index in [4.69, 9.17) is 4.74 Å². The van der Waals surface area contributed by atoms with E-state index in [2.05, 4.69) is 11.4 Å². The first-order valence-corrected chi connectivity index (χ1v) is 6.47. The van der Waals surface area contributed by atoms with Gasteiger partial charge in [-0.25, -0.2) is 4.79 Å². The predicted molar refractivity (Wildman–Crippen MR) is 71.7 cm³/mol. The summed E-state index contributed by atoms with van der Waals surface area (Å²) in [5.74, 6) is 0.468. The van der Waals surface area contributed by atoms with E-state index in [1.54, 1.807) is 0 Å². The van der Waals surface area contributed by atoms with Crippen LogP contribution in [0.3, 0.4) is 0 Å². The number of carbonyl (C=O) groups excluding carboxylic acids is 1. The monoisotopic (exact) mass is 247 g/mol. The zero-order valence-corrected chi connectivity index (χ0v) is 11.3. The zero-order chi connectivity index (χ0) is 13.2. The number of esters is 1. The van der Waals surface area contributed by atoms with Gasteiger partial charge in [-0.05, 0) is 63.9 Å². The third-order valence-electron chi connectivity index (χ3n) is 2.95. The minimum atomic E-state index is -0.440. The first-order valence-electron chi connectivity index (χ1n) is 6.47. The fourth-order valence-corrected chi connectivity index (χ4v) is 1.99. The lowest BCUT2D eigenvalue weighted by Crippen LogP contribution is -2.43. The van der Waals surface area contributed by atoms with Crippen LogP contribution >= 0.6 is 0 Å².